The number of carboxylic acids is 1. The van der Waals surface area contributed by atoms with Gasteiger partial charge in [-0.25, -0.2) is 14.4 Å². The molecule has 28 heavy (non-hydrogen) atoms. The van der Waals surface area contributed by atoms with Gasteiger partial charge in [-0.05, 0) is 44.5 Å². The van der Waals surface area contributed by atoms with Crippen molar-refractivity contribution in [1.29, 1.82) is 0 Å². The van der Waals surface area contributed by atoms with E-state index >= 15 is 0 Å². The van der Waals surface area contributed by atoms with Gasteiger partial charge in [0.2, 0.25) is 0 Å². The average molecular weight is 387 g/mol. The normalized spacial score (nSPS) is 19.9. The maximum atomic E-state index is 12.8. The number of ether oxygens (including phenoxy) is 1. The van der Waals surface area contributed by atoms with Gasteiger partial charge in [0.25, 0.3) is 0 Å². The molecule has 1 N–H and O–H groups in total. The van der Waals surface area contributed by atoms with Gasteiger partial charge in [-0.1, -0.05) is 12.1 Å². The van der Waals surface area contributed by atoms with Crippen LogP contribution in [0.5, 0.6) is 0 Å². The van der Waals surface area contributed by atoms with Gasteiger partial charge in [0, 0.05) is 37.9 Å². The topological polar surface area (TPSA) is 90.4 Å². The Balaban J connectivity index is 1.67. The number of anilines is 1. The second-order valence-corrected chi connectivity index (χ2v) is 7.93. The molecular formula is C20H25N3O5. The predicted molar refractivity (Wildman–Crippen MR) is 104 cm³/mol. The Morgan fingerprint density at radius 1 is 1.14 bits per heavy atom. The standard InChI is InChI=1S/C20H25N3O5/c1-20(2,3)28-19(27)21-10-11-22-16(12-21)13-23(18(22)26)15-7-4-14(5-8-15)6-9-17(24)25/h4-9,16H,10-13H2,1-3H3,(H,24,25)/b9-6+/t16-/m0/s1. The predicted octanol–water partition coefficient (Wildman–Crippen LogP) is 2.65. The zero-order valence-corrected chi connectivity index (χ0v) is 16.3. The second kappa shape index (κ2) is 7.53. The van der Waals surface area contributed by atoms with Crippen molar-refractivity contribution in [1.82, 2.24) is 9.80 Å². The fourth-order valence-corrected chi connectivity index (χ4v) is 3.35. The van der Waals surface area contributed by atoms with Gasteiger partial charge in [-0.15, -0.1) is 0 Å². The Morgan fingerprint density at radius 2 is 1.82 bits per heavy atom. The van der Waals surface area contributed by atoms with Crippen molar-refractivity contribution >= 4 is 29.9 Å². The lowest BCUT2D eigenvalue weighted by Crippen LogP contribution is -2.54. The van der Waals surface area contributed by atoms with E-state index in [1.165, 1.54) is 6.08 Å². The molecule has 8 heteroatoms. The van der Waals surface area contributed by atoms with E-state index in [1.54, 1.807) is 39.0 Å². The maximum absolute atomic E-state index is 12.8. The van der Waals surface area contributed by atoms with Gasteiger partial charge in [-0.2, -0.15) is 0 Å². The van der Waals surface area contributed by atoms with Crippen LogP contribution in [0.3, 0.4) is 0 Å². The molecule has 2 aliphatic rings. The molecule has 0 spiro atoms. The minimum atomic E-state index is -1.01. The smallest absolute Gasteiger partial charge is 0.410 e. The number of carbonyl (C=O) groups is 3. The number of urea groups is 1. The molecule has 3 rings (SSSR count). The summed E-state index contributed by atoms with van der Waals surface area (Å²) in [5.41, 5.74) is 0.935. The number of amides is 3. The molecule has 1 aromatic carbocycles. The highest BCUT2D eigenvalue weighted by atomic mass is 16.6. The summed E-state index contributed by atoms with van der Waals surface area (Å²) in [7, 11) is 0. The lowest BCUT2D eigenvalue weighted by Gasteiger charge is -2.36. The zero-order valence-electron chi connectivity index (χ0n) is 16.3. The number of piperazine rings is 1. The number of nitrogens with zero attached hydrogens (tertiary/aromatic N) is 3. The van der Waals surface area contributed by atoms with E-state index < -0.39 is 11.6 Å². The molecule has 2 aliphatic heterocycles. The van der Waals surface area contributed by atoms with Crippen molar-refractivity contribution in [2.75, 3.05) is 31.1 Å². The van der Waals surface area contributed by atoms with Gasteiger partial charge in [0.15, 0.2) is 0 Å². The SMILES string of the molecule is CC(C)(C)OC(=O)N1CCN2C(=O)N(c3ccc(/C=C/C(=O)O)cc3)C[C@@H]2C1. The van der Waals surface area contributed by atoms with Crippen LogP contribution in [0.15, 0.2) is 30.3 Å². The maximum Gasteiger partial charge on any atom is 0.410 e. The molecule has 0 radical (unpaired) electrons. The zero-order chi connectivity index (χ0) is 20.5. The summed E-state index contributed by atoms with van der Waals surface area (Å²) in [5.74, 6) is -1.01. The van der Waals surface area contributed by atoms with Crippen molar-refractivity contribution in [3.05, 3.63) is 35.9 Å². The fourth-order valence-electron chi connectivity index (χ4n) is 3.35. The fraction of sp³-hybridized carbons (Fsp3) is 0.450. The third kappa shape index (κ3) is 4.44. The number of aliphatic carboxylic acids is 1. The summed E-state index contributed by atoms with van der Waals surface area (Å²) < 4.78 is 5.44. The van der Waals surface area contributed by atoms with E-state index in [0.29, 0.717) is 26.2 Å². The molecule has 0 bridgehead atoms. The van der Waals surface area contributed by atoms with Crippen molar-refractivity contribution in [3.63, 3.8) is 0 Å². The molecule has 0 aliphatic carbocycles. The van der Waals surface area contributed by atoms with Crippen LogP contribution in [-0.4, -0.2) is 70.8 Å². The van der Waals surface area contributed by atoms with Crippen molar-refractivity contribution in [2.24, 2.45) is 0 Å². The van der Waals surface area contributed by atoms with Crippen LogP contribution in [0.4, 0.5) is 15.3 Å². The van der Waals surface area contributed by atoms with Gasteiger partial charge >= 0.3 is 18.1 Å². The quantitative estimate of drug-likeness (QED) is 0.806. The number of carbonyl (C=O) groups excluding carboxylic acids is 2. The molecule has 1 aromatic rings. The third-order valence-electron chi connectivity index (χ3n) is 4.63. The minimum absolute atomic E-state index is 0.0809. The molecule has 1 atom stereocenters. The monoisotopic (exact) mass is 387 g/mol. The summed E-state index contributed by atoms with van der Waals surface area (Å²) in [6, 6.07) is 6.97. The Kier molecular flexibility index (Phi) is 5.31. The van der Waals surface area contributed by atoms with Crippen LogP contribution < -0.4 is 4.90 Å². The summed E-state index contributed by atoms with van der Waals surface area (Å²) in [5, 5.41) is 8.70. The number of fused-ring (bicyclic) bond motifs is 1. The van der Waals surface area contributed by atoms with Crippen LogP contribution >= 0.6 is 0 Å². The van der Waals surface area contributed by atoms with E-state index in [1.807, 2.05) is 20.8 Å². The van der Waals surface area contributed by atoms with Crippen molar-refractivity contribution < 1.29 is 24.2 Å². The number of carboxylic acid groups (broad SMARTS) is 1. The Morgan fingerprint density at radius 3 is 2.43 bits per heavy atom. The largest absolute Gasteiger partial charge is 0.478 e. The van der Waals surface area contributed by atoms with Gasteiger partial charge in [0.1, 0.15) is 5.60 Å². The molecule has 2 fully saturated rings. The lowest BCUT2D eigenvalue weighted by atomic mass is 10.1. The molecule has 3 amide bonds. The first kappa shape index (κ1) is 19.7. The van der Waals surface area contributed by atoms with Crippen molar-refractivity contribution in [3.8, 4) is 0 Å². The van der Waals surface area contributed by atoms with E-state index in [4.69, 9.17) is 9.84 Å². The summed E-state index contributed by atoms with van der Waals surface area (Å²) >= 11 is 0. The van der Waals surface area contributed by atoms with Crippen LogP contribution in [-0.2, 0) is 9.53 Å². The van der Waals surface area contributed by atoms with Gasteiger partial charge < -0.3 is 19.6 Å². The van der Waals surface area contributed by atoms with Crippen LogP contribution in [0.2, 0.25) is 0 Å². The minimum Gasteiger partial charge on any atom is -0.478 e. The molecule has 0 saturated carbocycles. The molecular weight excluding hydrogens is 362 g/mol. The number of benzene rings is 1. The molecule has 150 valence electrons. The first-order valence-electron chi connectivity index (χ1n) is 9.21. The number of hydrogen-bond acceptors (Lipinski definition) is 4. The second-order valence-electron chi connectivity index (χ2n) is 7.93. The van der Waals surface area contributed by atoms with E-state index in [2.05, 4.69) is 0 Å². The van der Waals surface area contributed by atoms with Gasteiger partial charge in [-0.3, -0.25) is 4.90 Å². The molecule has 2 saturated heterocycles. The van der Waals surface area contributed by atoms with Crippen LogP contribution in [0.1, 0.15) is 26.3 Å². The molecule has 0 aromatic heterocycles. The summed E-state index contributed by atoms with van der Waals surface area (Å²) in [4.78, 5) is 40.8. The molecule has 2 heterocycles. The first-order chi connectivity index (χ1) is 13.1. The highest BCUT2D eigenvalue weighted by molar-refractivity contribution is 5.95. The lowest BCUT2D eigenvalue weighted by molar-refractivity contribution is -0.131. The van der Waals surface area contributed by atoms with E-state index in [0.717, 1.165) is 17.3 Å². The third-order valence-corrected chi connectivity index (χ3v) is 4.63. The number of rotatable bonds is 3. The summed E-state index contributed by atoms with van der Waals surface area (Å²) in [6.07, 6.45) is 2.22. The van der Waals surface area contributed by atoms with E-state index in [-0.39, 0.29) is 18.2 Å². The van der Waals surface area contributed by atoms with E-state index in [9.17, 15) is 14.4 Å². The average Bonchev–Trinajstić information content (AvgIpc) is 2.95. The highest BCUT2D eigenvalue weighted by Gasteiger charge is 2.42. The van der Waals surface area contributed by atoms with Gasteiger partial charge in [0.05, 0.1) is 6.04 Å². The summed E-state index contributed by atoms with van der Waals surface area (Å²) in [6.45, 7) is 7.34. The molecule has 0 unspecified atom stereocenters. The Bertz CT molecular complexity index is 797. The number of hydrogen-bond donors (Lipinski definition) is 1. The Hall–Kier alpha value is -3.03. The highest BCUT2D eigenvalue weighted by Crippen LogP contribution is 2.27. The Labute approximate surface area is 164 Å². The van der Waals surface area contributed by atoms with Crippen LogP contribution in [0.25, 0.3) is 6.08 Å². The molecule has 8 nitrogen and oxygen atoms in total. The van der Waals surface area contributed by atoms with Crippen molar-refractivity contribution in [2.45, 2.75) is 32.4 Å². The van der Waals surface area contributed by atoms with Crippen LogP contribution in [0, 0.1) is 0 Å². The first-order valence-corrected chi connectivity index (χ1v) is 9.21.